The summed E-state index contributed by atoms with van der Waals surface area (Å²) in [5.41, 5.74) is 8.22. The van der Waals surface area contributed by atoms with E-state index in [2.05, 4.69) is 0 Å². The van der Waals surface area contributed by atoms with Crippen LogP contribution in [-0.2, 0) is 20.8 Å². The van der Waals surface area contributed by atoms with E-state index in [0.29, 0.717) is 5.56 Å². The smallest absolute Gasteiger partial charge is 0.255 e. The molecule has 0 saturated heterocycles. The summed E-state index contributed by atoms with van der Waals surface area (Å²) in [5, 5.41) is 43.3. The summed E-state index contributed by atoms with van der Waals surface area (Å²) < 4.78 is 0. The summed E-state index contributed by atoms with van der Waals surface area (Å²) in [4.78, 5) is 39.8. The van der Waals surface area contributed by atoms with Crippen molar-refractivity contribution in [2.45, 2.75) is 24.5 Å². The maximum absolute atomic E-state index is 13.5. The van der Waals surface area contributed by atoms with Crippen LogP contribution in [0.5, 0.6) is 5.75 Å². The summed E-state index contributed by atoms with van der Waals surface area (Å²) in [6, 6.07) is 1.70. The van der Waals surface area contributed by atoms with Crippen molar-refractivity contribution in [2.24, 2.45) is 17.6 Å². The van der Waals surface area contributed by atoms with Crippen LogP contribution in [0.3, 0.4) is 0 Å². The summed E-state index contributed by atoms with van der Waals surface area (Å²) in [6.45, 7) is 0. The van der Waals surface area contributed by atoms with Gasteiger partial charge in [0.2, 0.25) is 5.78 Å². The first kappa shape index (κ1) is 20.9. The zero-order chi connectivity index (χ0) is 23.0. The number of nitrogens with zero attached hydrogens (tertiary/aromatic N) is 1. The summed E-state index contributed by atoms with van der Waals surface area (Å²) in [6.07, 6.45) is 0.258. The largest absolute Gasteiger partial charge is 0.508 e. The number of aliphatic hydroxyl groups excluding tert-OH is 2. The Morgan fingerprint density at radius 3 is 2.42 bits per heavy atom. The first-order valence-corrected chi connectivity index (χ1v) is 9.67. The van der Waals surface area contributed by atoms with Crippen LogP contribution in [0, 0.1) is 11.8 Å². The van der Waals surface area contributed by atoms with Crippen molar-refractivity contribution < 1.29 is 34.8 Å². The molecule has 4 atom stereocenters. The van der Waals surface area contributed by atoms with Crippen molar-refractivity contribution in [3.05, 3.63) is 40.2 Å². The number of phenols is 1. The molecule has 31 heavy (non-hydrogen) atoms. The minimum atomic E-state index is -2.63. The quantitative estimate of drug-likeness (QED) is 0.267. The van der Waals surface area contributed by atoms with Crippen LogP contribution < -0.4 is 11.5 Å². The topological polar surface area (TPSA) is 187 Å². The molecule has 1 amide bonds. The molecular formula is C21H23N3O7. The lowest BCUT2D eigenvalue weighted by Crippen LogP contribution is -2.65. The fourth-order valence-electron chi connectivity index (χ4n) is 5.30. The second-order valence-electron chi connectivity index (χ2n) is 8.54. The van der Waals surface area contributed by atoms with Crippen molar-refractivity contribution in [1.29, 1.82) is 0 Å². The molecule has 1 saturated carbocycles. The molecule has 10 heteroatoms. The van der Waals surface area contributed by atoms with Gasteiger partial charge in [0, 0.05) is 23.2 Å². The van der Waals surface area contributed by atoms with Gasteiger partial charge in [0.15, 0.2) is 11.4 Å². The fourth-order valence-corrected chi connectivity index (χ4v) is 5.30. The molecule has 0 spiro atoms. The Kier molecular flexibility index (Phi) is 4.42. The number of ketones is 2. The van der Waals surface area contributed by atoms with Crippen molar-refractivity contribution >= 4 is 28.9 Å². The number of hydrogen-bond acceptors (Lipinski definition) is 9. The number of amides is 1. The normalized spacial score (nSPS) is 30.3. The van der Waals surface area contributed by atoms with Crippen LogP contribution in [0.4, 0.5) is 5.69 Å². The van der Waals surface area contributed by atoms with Gasteiger partial charge in [-0.05, 0) is 44.5 Å². The number of phenolic OH excluding ortho intramolecular Hbond substituents is 1. The molecule has 4 rings (SSSR count). The number of hydrogen-bond donors (Lipinski definition) is 6. The van der Waals surface area contributed by atoms with E-state index >= 15 is 0 Å². The SMILES string of the molecule is CN(C)[C@@H]1C(=O)C(C(N)=O)=C(O)[C@@]2(O)C(=O)C3=C(O)c4c(O)cc(N)cc4C[C@H]3C[C@@H]12. The maximum Gasteiger partial charge on any atom is 0.255 e. The van der Waals surface area contributed by atoms with Crippen molar-refractivity contribution in [2.75, 3.05) is 19.8 Å². The van der Waals surface area contributed by atoms with Gasteiger partial charge in [0.05, 0.1) is 11.6 Å². The van der Waals surface area contributed by atoms with Crippen molar-refractivity contribution in [3.63, 3.8) is 0 Å². The van der Waals surface area contributed by atoms with E-state index < -0.39 is 58.0 Å². The fraction of sp³-hybridized carbons (Fsp3) is 0.381. The van der Waals surface area contributed by atoms with Gasteiger partial charge in [-0.3, -0.25) is 19.3 Å². The first-order chi connectivity index (χ1) is 14.4. The number of carbonyl (C=O) groups is 3. The zero-order valence-electron chi connectivity index (χ0n) is 16.9. The first-order valence-electron chi connectivity index (χ1n) is 9.67. The summed E-state index contributed by atoms with van der Waals surface area (Å²) >= 11 is 0. The molecule has 0 heterocycles. The minimum absolute atomic E-state index is 0.0190. The van der Waals surface area contributed by atoms with Crippen LogP contribution in [0.1, 0.15) is 17.5 Å². The van der Waals surface area contributed by atoms with Crippen LogP contribution in [0.2, 0.25) is 0 Å². The molecule has 164 valence electrons. The molecule has 3 aliphatic carbocycles. The van der Waals surface area contributed by atoms with Gasteiger partial charge in [-0.1, -0.05) is 0 Å². The molecule has 1 fully saturated rings. The molecule has 8 N–H and O–H groups in total. The highest BCUT2D eigenvalue weighted by atomic mass is 16.3. The average molecular weight is 429 g/mol. The molecule has 10 nitrogen and oxygen atoms in total. The van der Waals surface area contributed by atoms with Crippen LogP contribution in [0.15, 0.2) is 29.0 Å². The number of carbonyl (C=O) groups excluding carboxylic acids is 3. The number of nitrogen functional groups attached to an aromatic ring is 1. The van der Waals surface area contributed by atoms with E-state index in [-0.39, 0.29) is 35.4 Å². The van der Waals surface area contributed by atoms with Crippen LogP contribution in [0.25, 0.3) is 5.76 Å². The molecule has 3 aliphatic rings. The van der Waals surface area contributed by atoms with Crippen LogP contribution >= 0.6 is 0 Å². The summed E-state index contributed by atoms with van der Waals surface area (Å²) in [7, 11) is 3.10. The maximum atomic E-state index is 13.5. The van der Waals surface area contributed by atoms with Gasteiger partial charge in [-0.25, -0.2) is 0 Å². The number of rotatable bonds is 2. The Labute approximate surface area is 177 Å². The van der Waals surface area contributed by atoms with Gasteiger partial charge >= 0.3 is 0 Å². The number of nitrogens with two attached hydrogens (primary N) is 2. The molecule has 0 unspecified atom stereocenters. The van der Waals surface area contributed by atoms with E-state index in [1.807, 2.05) is 0 Å². The molecule has 1 aromatic rings. The number of primary amides is 1. The van der Waals surface area contributed by atoms with Crippen molar-refractivity contribution in [3.8, 4) is 5.75 Å². The average Bonchev–Trinajstić information content (AvgIpc) is 2.63. The Hall–Kier alpha value is -3.37. The minimum Gasteiger partial charge on any atom is -0.508 e. The highest BCUT2D eigenvalue weighted by Crippen LogP contribution is 2.52. The zero-order valence-corrected chi connectivity index (χ0v) is 16.9. The van der Waals surface area contributed by atoms with E-state index in [4.69, 9.17) is 11.5 Å². The molecule has 0 aliphatic heterocycles. The molecule has 0 radical (unpaired) electrons. The van der Waals surface area contributed by atoms with E-state index in [1.54, 1.807) is 20.2 Å². The van der Waals surface area contributed by atoms with Gasteiger partial charge in [0.1, 0.15) is 22.8 Å². The number of Topliss-reactive ketones (excluding diaryl/α,β-unsaturated/α-hetero) is 2. The second kappa shape index (κ2) is 6.56. The number of likely N-dealkylation sites (N-methyl/N-ethyl adjacent to an activating group) is 1. The third-order valence-electron chi connectivity index (χ3n) is 6.55. The lowest BCUT2D eigenvalue weighted by molar-refractivity contribution is -0.153. The second-order valence-corrected chi connectivity index (χ2v) is 8.54. The van der Waals surface area contributed by atoms with Gasteiger partial charge in [-0.2, -0.15) is 0 Å². The number of aliphatic hydroxyl groups is 3. The Morgan fingerprint density at radius 2 is 1.84 bits per heavy atom. The van der Waals surface area contributed by atoms with Gasteiger partial charge in [0.25, 0.3) is 5.91 Å². The van der Waals surface area contributed by atoms with Gasteiger partial charge in [-0.15, -0.1) is 0 Å². The number of fused-ring (bicyclic) bond motifs is 3. The van der Waals surface area contributed by atoms with E-state index in [9.17, 15) is 34.8 Å². The van der Waals surface area contributed by atoms with Crippen LogP contribution in [-0.4, -0.2) is 68.5 Å². The predicted molar refractivity (Wildman–Crippen MR) is 109 cm³/mol. The van der Waals surface area contributed by atoms with E-state index in [1.165, 1.54) is 11.0 Å². The number of benzene rings is 1. The third-order valence-corrected chi connectivity index (χ3v) is 6.55. The van der Waals surface area contributed by atoms with Crippen molar-refractivity contribution in [1.82, 2.24) is 4.90 Å². The number of aromatic hydroxyl groups is 1. The highest BCUT2D eigenvalue weighted by Gasteiger charge is 2.64. The lowest BCUT2D eigenvalue weighted by Gasteiger charge is -2.50. The summed E-state index contributed by atoms with van der Waals surface area (Å²) in [5.74, 6) is -6.76. The van der Waals surface area contributed by atoms with Gasteiger partial charge < -0.3 is 31.9 Å². The monoisotopic (exact) mass is 429 g/mol. The predicted octanol–water partition coefficient (Wildman–Crippen LogP) is -0.454. The molecular weight excluding hydrogens is 406 g/mol. The standard InChI is InChI=1S/C21H23N3O7/c1-24(2)15-10-5-8-3-7-4-9(22)6-11(25)12(7)16(26)13(8)18(28)21(10,31)19(29)14(17(15)27)20(23)30/h4,6,8,10,15,25-26,29,31H,3,5,22H2,1-2H3,(H2,23,30)/t8-,10-,15-,21-/m0/s1. The molecule has 0 bridgehead atoms. The van der Waals surface area contributed by atoms with E-state index in [0.717, 1.165) is 0 Å². The highest BCUT2D eigenvalue weighted by molar-refractivity contribution is 6.24. The lowest BCUT2D eigenvalue weighted by atomic mass is 9.57. The molecule has 1 aromatic carbocycles. The Morgan fingerprint density at radius 1 is 1.19 bits per heavy atom. The Bertz CT molecular complexity index is 1120. The molecule has 0 aromatic heterocycles. The Balaban J connectivity index is 1.98. The third kappa shape index (κ3) is 2.61. The number of anilines is 1.